The number of methoxy groups -OCH3 is 1. The van der Waals surface area contributed by atoms with Crippen LogP contribution in [0.25, 0.3) is 23.1 Å². The van der Waals surface area contributed by atoms with Crippen LogP contribution in [0.3, 0.4) is 0 Å². The highest BCUT2D eigenvalue weighted by molar-refractivity contribution is 6.31. The van der Waals surface area contributed by atoms with E-state index in [-0.39, 0.29) is 24.5 Å². The number of halogens is 1. The van der Waals surface area contributed by atoms with Crippen LogP contribution in [0.4, 0.5) is 0 Å². The second-order valence-corrected chi connectivity index (χ2v) is 8.50. The molecular weight excluding hydrogens is 490 g/mol. The van der Waals surface area contributed by atoms with Gasteiger partial charge in [0.05, 0.1) is 18.3 Å². The van der Waals surface area contributed by atoms with E-state index < -0.39 is 12.1 Å². The molecule has 0 radical (unpaired) electrons. The van der Waals surface area contributed by atoms with Crippen molar-refractivity contribution in [3.8, 4) is 23.8 Å². The number of pyridine rings is 1. The first-order chi connectivity index (χ1) is 18.0. The minimum atomic E-state index is -1.12. The zero-order valence-electron chi connectivity index (χ0n) is 20.1. The third-order valence-electron chi connectivity index (χ3n) is 5.58. The number of benzene rings is 3. The van der Waals surface area contributed by atoms with Crippen molar-refractivity contribution in [2.45, 2.75) is 6.10 Å². The average Bonchev–Trinajstić information content (AvgIpc) is 2.91. The third kappa shape index (κ3) is 6.68. The maximum atomic E-state index is 11.7. The highest BCUT2D eigenvalue weighted by atomic mass is 35.5. The fourth-order valence-electron chi connectivity index (χ4n) is 3.73. The number of hydrogen-bond acceptors (Lipinski definition) is 5. The molecule has 0 aliphatic carbocycles. The summed E-state index contributed by atoms with van der Waals surface area (Å²) in [4.78, 5) is 16.3. The topological polar surface area (TPSA) is 77.9 Å². The van der Waals surface area contributed by atoms with E-state index >= 15 is 0 Å². The molecular formula is C30H24ClNO5. The smallest absolute Gasteiger partial charge is 0.339 e. The standard InChI is InChI=1S/C30H24ClNO5/c1-3-15-36-29(19-37-28-14-13-25(35-2)18-26(28)30(33)34)22-6-4-5-20(16-22)7-11-24-12-9-21-8-10-23(31)17-27(21)32-24/h1,4-14,16-18,29H,15,19H2,2H3,(H,33,34)/b11-7-. The molecule has 1 atom stereocenters. The maximum Gasteiger partial charge on any atom is 0.339 e. The summed E-state index contributed by atoms with van der Waals surface area (Å²) in [5, 5.41) is 11.2. The molecule has 6 nitrogen and oxygen atoms in total. The molecule has 1 heterocycles. The molecule has 1 unspecified atom stereocenters. The zero-order valence-corrected chi connectivity index (χ0v) is 20.8. The summed E-state index contributed by atoms with van der Waals surface area (Å²) in [5.74, 6) is 1.99. The lowest BCUT2D eigenvalue weighted by Gasteiger charge is -2.19. The van der Waals surface area contributed by atoms with Crippen molar-refractivity contribution < 1.29 is 24.1 Å². The molecule has 0 amide bonds. The number of carboxylic acids is 1. The Bertz CT molecular complexity index is 1490. The summed E-state index contributed by atoms with van der Waals surface area (Å²) in [6, 6.07) is 21.9. The van der Waals surface area contributed by atoms with E-state index in [0.29, 0.717) is 10.8 Å². The summed E-state index contributed by atoms with van der Waals surface area (Å²) < 4.78 is 16.8. The Morgan fingerprint density at radius 2 is 1.95 bits per heavy atom. The first-order valence-corrected chi connectivity index (χ1v) is 11.8. The van der Waals surface area contributed by atoms with Gasteiger partial charge in [0.25, 0.3) is 0 Å². The summed E-state index contributed by atoms with van der Waals surface area (Å²) in [5.41, 5.74) is 3.37. The van der Waals surface area contributed by atoms with E-state index in [0.717, 1.165) is 27.7 Å². The molecule has 0 bridgehead atoms. The van der Waals surface area contributed by atoms with Gasteiger partial charge in [0.1, 0.15) is 36.4 Å². The number of fused-ring (bicyclic) bond motifs is 1. The highest BCUT2D eigenvalue weighted by Gasteiger charge is 2.17. The van der Waals surface area contributed by atoms with Crippen molar-refractivity contribution in [3.63, 3.8) is 0 Å². The fraction of sp³-hybridized carbons (Fsp3) is 0.133. The number of carbonyl (C=O) groups is 1. The van der Waals surface area contributed by atoms with E-state index in [9.17, 15) is 9.90 Å². The quantitative estimate of drug-likeness (QED) is 0.243. The lowest BCUT2D eigenvalue weighted by molar-refractivity contribution is 0.0375. The Labute approximate surface area is 220 Å². The van der Waals surface area contributed by atoms with Gasteiger partial charge in [-0.15, -0.1) is 6.42 Å². The van der Waals surface area contributed by atoms with E-state index in [1.54, 1.807) is 12.1 Å². The van der Waals surface area contributed by atoms with Crippen molar-refractivity contribution in [1.82, 2.24) is 4.98 Å². The molecule has 3 aromatic carbocycles. The van der Waals surface area contributed by atoms with Gasteiger partial charge in [0.2, 0.25) is 0 Å². The number of nitrogens with zero attached hydrogens (tertiary/aromatic N) is 1. The molecule has 0 saturated carbocycles. The predicted molar refractivity (Wildman–Crippen MR) is 145 cm³/mol. The van der Waals surface area contributed by atoms with Crippen LogP contribution in [0.2, 0.25) is 5.02 Å². The van der Waals surface area contributed by atoms with Gasteiger partial charge >= 0.3 is 5.97 Å². The molecule has 37 heavy (non-hydrogen) atoms. The van der Waals surface area contributed by atoms with E-state index in [4.69, 9.17) is 32.2 Å². The van der Waals surface area contributed by atoms with Crippen molar-refractivity contribution in [2.24, 2.45) is 0 Å². The van der Waals surface area contributed by atoms with Crippen LogP contribution in [-0.4, -0.2) is 36.4 Å². The van der Waals surface area contributed by atoms with Gasteiger partial charge in [-0.2, -0.15) is 0 Å². The van der Waals surface area contributed by atoms with Crippen LogP contribution in [0, 0.1) is 12.3 Å². The molecule has 0 aliphatic heterocycles. The van der Waals surface area contributed by atoms with Crippen LogP contribution in [0.5, 0.6) is 11.5 Å². The van der Waals surface area contributed by atoms with Gasteiger partial charge in [0.15, 0.2) is 0 Å². The molecule has 4 aromatic rings. The molecule has 1 N–H and O–H groups in total. The van der Waals surface area contributed by atoms with Crippen molar-refractivity contribution in [3.05, 3.63) is 100 Å². The monoisotopic (exact) mass is 513 g/mol. The van der Waals surface area contributed by atoms with Crippen molar-refractivity contribution in [1.29, 1.82) is 0 Å². The van der Waals surface area contributed by atoms with Crippen molar-refractivity contribution in [2.75, 3.05) is 20.3 Å². The molecule has 0 spiro atoms. The van der Waals surface area contributed by atoms with Crippen LogP contribution in [-0.2, 0) is 4.74 Å². The molecule has 0 aliphatic rings. The molecule has 4 rings (SSSR count). The summed E-state index contributed by atoms with van der Waals surface area (Å²) >= 11 is 6.10. The number of hydrogen-bond donors (Lipinski definition) is 1. The lowest BCUT2D eigenvalue weighted by Crippen LogP contribution is -2.16. The minimum Gasteiger partial charge on any atom is -0.497 e. The Balaban J connectivity index is 1.54. The molecule has 0 fully saturated rings. The maximum absolute atomic E-state index is 11.7. The Kier molecular flexibility index (Phi) is 8.42. The van der Waals surface area contributed by atoms with Crippen LogP contribution < -0.4 is 9.47 Å². The number of terminal acetylenes is 1. The second-order valence-electron chi connectivity index (χ2n) is 8.06. The first-order valence-electron chi connectivity index (χ1n) is 11.4. The van der Waals surface area contributed by atoms with Gasteiger partial charge in [-0.3, -0.25) is 0 Å². The van der Waals surface area contributed by atoms with Gasteiger partial charge in [-0.25, -0.2) is 9.78 Å². The number of aromatic carboxylic acids is 1. The van der Waals surface area contributed by atoms with E-state index in [1.165, 1.54) is 13.2 Å². The number of ether oxygens (including phenoxy) is 3. The molecule has 0 saturated heterocycles. The second kappa shape index (κ2) is 12.1. The van der Waals surface area contributed by atoms with Crippen molar-refractivity contribution >= 4 is 40.6 Å². The number of carboxylic acid groups (broad SMARTS) is 1. The van der Waals surface area contributed by atoms with E-state index in [2.05, 4.69) is 10.9 Å². The lowest BCUT2D eigenvalue weighted by atomic mass is 10.1. The Hall–Kier alpha value is -4.31. The van der Waals surface area contributed by atoms with Gasteiger partial charge < -0.3 is 19.3 Å². The summed E-state index contributed by atoms with van der Waals surface area (Å²) in [7, 11) is 1.47. The molecule has 7 heteroatoms. The van der Waals surface area contributed by atoms with Crippen LogP contribution in [0.15, 0.2) is 72.8 Å². The first kappa shape index (κ1) is 25.8. The average molecular weight is 514 g/mol. The zero-order chi connectivity index (χ0) is 26.2. The fourth-order valence-corrected chi connectivity index (χ4v) is 3.89. The minimum absolute atomic E-state index is 0.00379. The third-order valence-corrected chi connectivity index (χ3v) is 5.81. The van der Waals surface area contributed by atoms with Gasteiger partial charge in [-0.05, 0) is 59.7 Å². The summed E-state index contributed by atoms with van der Waals surface area (Å²) in [6.07, 6.45) is 8.77. The van der Waals surface area contributed by atoms with Crippen LogP contribution >= 0.6 is 11.6 Å². The Morgan fingerprint density at radius 3 is 2.73 bits per heavy atom. The number of aromatic nitrogens is 1. The SMILES string of the molecule is C#CCOC(COc1ccc(OC)cc1C(=O)O)c1cccc(/C=C\c2ccc3ccc(Cl)cc3n2)c1. The largest absolute Gasteiger partial charge is 0.497 e. The molecule has 1 aromatic heterocycles. The Morgan fingerprint density at radius 1 is 1.11 bits per heavy atom. The highest BCUT2D eigenvalue weighted by Crippen LogP contribution is 2.27. The van der Waals surface area contributed by atoms with E-state index in [1.807, 2.05) is 66.7 Å². The number of rotatable bonds is 10. The predicted octanol–water partition coefficient (Wildman–Crippen LogP) is 6.54. The van der Waals surface area contributed by atoms with Crippen LogP contribution in [0.1, 0.15) is 33.3 Å². The molecule has 186 valence electrons. The summed E-state index contributed by atoms with van der Waals surface area (Å²) in [6.45, 7) is 0.139. The van der Waals surface area contributed by atoms with Gasteiger partial charge in [0, 0.05) is 10.4 Å². The normalized spacial score (nSPS) is 11.8. The van der Waals surface area contributed by atoms with Gasteiger partial charge in [-0.1, -0.05) is 53.9 Å².